The molecule has 126 valence electrons. The van der Waals surface area contributed by atoms with E-state index in [1.807, 2.05) is 6.92 Å². The zero-order chi connectivity index (χ0) is 17.7. The van der Waals surface area contributed by atoms with Gasteiger partial charge in [0, 0.05) is 5.54 Å². The summed E-state index contributed by atoms with van der Waals surface area (Å²) in [5, 5.41) is 0. The molecule has 1 fully saturated rings. The minimum Gasteiger partial charge on any atom is -0.245 e. The quantitative estimate of drug-likeness (QED) is 0.581. The number of hydrogen-bond acceptors (Lipinski definition) is 4. The lowest BCUT2D eigenvalue weighted by Gasteiger charge is -2.25. The zero-order valence-electron chi connectivity index (χ0n) is 13.4. The van der Waals surface area contributed by atoms with E-state index < -0.39 is 33.4 Å². The van der Waals surface area contributed by atoms with Crippen LogP contribution in [0.5, 0.6) is 0 Å². The van der Waals surface area contributed by atoms with E-state index in [0.717, 1.165) is 17.7 Å². The molecule has 0 bridgehead atoms. The van der Waals surface area contributed by atoms with Crippen molar-refractivity contribution >= 4 is 27.7 Å². The molecule has 1 atom stereocenters. The number of carbonyl (C=O) groups is 2. The average Bonchev–Trinajstić information content (AvgIpc) is 3.25. The fourth-order valence-corrected chi connectivity index (χ4v) is 4.27. The number of amides is 3. The molecule has 7 nitrogen and oxygen atoms in total. The highest BCUT2D eigenvalue weighted by molar-refractivity contribution is 7.93. The monoisotopic (exact) mass is 348 g/mol. The molecule has 24 heavy (non-hydrogen) atoms. The van der Waals surface area contributed by atoms with Crippen LogP contribution in [0.3, 0.4) is 0 Å². The normalized spacial score (nSPS) is 25.3. The van der Waals surface area contributed by atoms with Crippen molar-refractivity contribution in [1.82, 2.24) is 9.62 Å². The van der Waals surface area contributed by atoms with E-state index in [-0.39, 0.29) is 11.4 Å². The largest absolute Gasteiger partial charge is 0.501 e. The zero-order valence-corrected chi connectivity index (χ0v) is 14.3. The van der Waals surface area contributed by atoms with Crippen LogP contribution in [-0.4, -0.2) is 54.7 Å². The smallest absolute Gasteiger partial charge is 0.245 e. The van der Waals surface area contributed by atoms with Crippen molar-refractivity contribution in [2.45, 2.75) is 25.3 Å². The highest BCUT2D eigenvalue weighted by Gasteiger charge is 2.47. The first-order chi connectivity index (χ1) is 11.2. The van der Waals surface area contributed by atoms with Gasteiger partial charge in [-0.1, -0.05) is 5.92 Å². The van der Waals surface area contributed by atoms with Gasteiger partial charge in [-0.2, -0.15) is 9.37 Å². The predicted octanol–water partition coefficient (Wildman–Crippen LogP) is 0.207. The number of fused-ring (bicyclic) bond motifs is 1. The van der Waals surface area contributed by atoms with Crippen molar-refractivity contribution in [2.75, 3.05) is 13.6 Å². The topological polar surface area (TPSA) is 86.6 Å². The lowest BCUT2D eigenvalue weighted by molar-refractivity contribution is -0.406. The van der Waals surface area contributed by atoms with Crippen LogP contribution in [0.4, 0.5) is 4.79 Å². The standard InChI is InChI=1S/C16H18N3O4S/c1-4-9-19-14(20)12-10-11(5-6-13(12)18(3)15(19)21)24(22,23)17-16(2)7-8-16/h1,5-6,10,12,17H,7-9H2,2-3H3/q+1. The first-order valence-electron chi connectivity index (χ1n) is 7.52. The first kappa shape index (κ1) is 16.6. The van der Waals surface area contributed by atoms with Gasteiger partial charge < -0.3 is 0 Å². The molecule has 3 rings (SSSR count). The van der Waals surface area contributed by atoms with Gasteiger partial charge in [0.2, 0.25) is 10.0 Å². The molecule has 1 heterocycles. The third-order valence-corrected chi connectivity index (χ3v) is 6.10. The number of hydrogen-bond donors (Lipinski definition) is 1. The lowest BCUT2D eigenvalue weighted by Crippen LogP contribution is -2.53. The molecule has 3 amide bonds. The Morgan fingerprint density at radius 2 is 2.08 bits per heavy atom. The summed E-state index contributed by atoms with van der Waals surface area (Å²) >= 11 is 0. The molecule has 0 radical (unpaired) electrons. The van der Waals surface area contributed by atoms with Crippen molar-refractivity contribution < 1.29 is 22.6 Å². The molecule has 1 aliphatic heterocycles. The van der Waals surface area contributed by atoms with Crippen LogP contribution in [0.1, 0.15) is 19.8 Å². The molecule has 8 heteroatoms. The third kappa shape index (κ3) is 2.70. The van der Waals surface area contributed by atoms with Gasteiger partial charge in [0.15, 0.2) is 6.54 Å². The minimum absolute atomic E-state index is 0.0288. The number of nitrogens with one attached hydrogen (secondary N) is 1. The summed E-state index contributed by atoms with van der Waals surface area (Å²) in [5.74, 6) is 0.918. The summed E-state index contributed by atoms with van der Waals surface area (Å²) in [4.78, 5) is 25.7. The summed E-state index contributed by atoms with van der Waals surface area (Å²) in [6, 6.07) is -0.517. The molecular formula is C16H18N3O4S+. The van der Waals surface area contributed by atoms with Crippen LogP contribution in [0, 0.1) is 18.3 Å². The number of allylic oxidation sites excluding steroid dienone is 2. The first-order valence-corrected chi connectivity index (χ1v) is 9.00. The van der Waals surface area contributed by atoms with E-state index >= 15 is 0 Å². The molecule has 3 aliphatic rings. The van der Waals surface area contributed by atoms with E-state index in [1.54, 1.807) is 0 Å². The molecule has 2 aliphatic carbocycles. The van der Waals surface area contributed by atoms with Crippen molar-refractivity contribution in [1.29, 1.82) is 0 Å². The van der Waals surface area contributed by atoms with E-state index in [1.165, 1.54) is 29.9 Å². The number of urea groups is 1. The second-order valence-corrected chi connectivity index (χ2v) is 8.12. The number of sulfonamides is 1. The van der Waals surface area contributed by atoms with Crippen LogP contribution in [-0.2, 0) is 14.8 Å². The maximum Gasteiger partial charge on any atom is 0.501 e. The van der Waals surface area contributed by atoms with Gasteiger partial charge in [-0.3, -0.25) is 0 Å². The van der Waals surface area contributed by atoms with Crippen molar-refractivity contribution in [3.63, 3.8) is 0 Å². The van der Waals surface area contributed by atoms with Crippen LogP contribution in [0.2, 0.25) is 0 Å². The molecule has 0 aromatic carbocycles. The van der Waals surface area contributed by atoms with Crippen molar-refractivity contribution in [3.8, 4) is 12.3 Å². The summed E-state index contributed by atoms with van der Waals surface area (Å²) in [7, 11) is -2.19. The number of nitrogens with zero attached hydrogens (tertiary/aromatic N) is 2. The van der Waals surface area contributed by atoms with Gasteiger partial charge in [-0.25, -0.2) is 17.9 Å². The van der Waals surface area contributed by atoms with Crippen LogP contribution in [0.25, 0.3) is 0 Å². The number of carbonyl (C=O) groups excluding carboxylic acids is 2. The SMILES string of the molecule is C#CCN1C(=O)C2C=C(S(=O)(=O)NC3(C)CC3)C=CC2=[N+](C)C1=O. The molecule has 1 N–H and O–H groups in total. The minimum atomic E-state index is -3.72. The Hall–Kier alpha value is -2.24. The summed E-state index contributed by atoms with van der Waals surface area (Å²) in [5.41, 5.74) is 0.0333. The maximum absolute atomic E-state index is 12.5. The van der Waals surface area contributed by atoms with E-state index in [4.69, 9.17) is 6.42 Å². The molecule has 0 saturated heterocycles. The van der Waals surface area contributed by atoms with Crippen molar-refractivity contribution in [2.24, 2.45) is 5.92 Å². The van der Waals surface area contributed by atoms with Crippen LogP contribution in [0.15, 0.2) is 23.1 Å². The Morgan fingerprint density at radius 3 is 2.67 bits per heavy atom. The molecule has 0 aromatic rings. The average molecular weight is 348 g/mol. The molecule has 0 aromatic heterocycles. The Bertz CT molecular complexity index is 869. The molecule has 1 unspecified atom stereocenters. The fourth-order valence-electron chi connectivity index (χ4n) is 2.74. The second kappa shape index (κ2) is 5.40. The fraction of sp³-hybridized carbons (Fsp3) is 0.438. The molecular weight excluding hydrogens is 330 g/mol. The Labute approximate surface area is 140 Å². The number of rotatable bonds is 4. The highest BCUT2D eigenvalue weighted by atomic mass is 32.2. The van der Waals surface area contributed by atoms with Gasteiger partial charge in [-0.15, -0.1) is 11.3 Å². The predicted molar refractivity (Wildman–Crippen MR) is 87.5 cm³/mol. The van der Waals surface area contributed by atoms with E-state index in [2.05, 4.69) is 10.6 Å². The van der Waals surface area contributed by atoms with Gasteiger partial charge in [0.05, 0.1) is 12.0 Å². The third-order valence-electron chi connectivity index (χ3n) is 4.45. The Kier molecular flexibility index (Phi) is 3.73. The van der Waals surface area contributed by atoms with Gasteiger partial charge in [-0.05, 0) is 38.0 Å². The number of imide groups is 1. The van der Waals surface area contributed by atoms with Gasteiger partial charge in [0.25, 0.3) is 0 Å². The van der Waals surface area contributed by atoms with Gasteiger partial charge in [0.1, 0.15) is 11.6 Å². The lowest BCUT2D eigenvalue weighted by atomic mass is 9.94. The van der Waals surface area contributed by atoms with Crippen LogP contribution >= 0.6 is 0 Å². The van der Waals surface area contributed by atoms with E-state index in [0.29, 0.717) is 5.71 Å². The molecule has 0 spiro atoms. The summed E-state index contributed by atoms with van der Waals surface area (Å²) in [6.45, 7) is 1.68. The van der Waals surface area contributed by atoms with Crippen molar-refractivity contribution in [3.05, 3.63) is 23.1 Å². The second-order valence-electron chi connectivity index (χ2n) is 6.44. The Morgan fingerprint density at radius 1 is 1.42 bits per heavy atom. The summed E-state index contributed by atoms with van der Waals surface area (Å²) < 4.78 is 29.0. The van der Waals surface area contributed by atoms with Gasteiger partial charge >= 0.3 is 11.9 Å². The molecule has 1 saturated carbocycles. The maximum atomic E-state index is 12.5. The highest BCUT2D eigenvalue weighted by Crippen LogP contribution is 2.36. The summed E-state index contributed by atoms with van der Waals surface area (Å²) in [6.07, 6.45) is 11.1. The Balaban J connectivity index is 1.98. The van der Waals surface area contributed by atoms with Crippen LogP contribution < -0.4 is 4.72 Å². The number of terminal acetylenes is 1. The van der Waals surface area contributed by atoms with E-state index in [9.17, 15) is 18.0 Å².